The molecular weight excluding hydrogens is 336 g/mol. The fraction of sp³-hybridized carbons (Fsp3) is 0.316. The first-order chi connectivity index (χ1) is 11.7. The molecule has 0 fully saturated rings. The number of benzene rings is 2. The van der Waals surface area contributed by atoms with Crippen molar-refractivity contribution in [2.45, 2.75) is 24.8 Å². The second-order valence-corrected chi connectivity index (χ2v) is 8.35. The van der Waals surface area contributed by atoms with Crippen molar-refractivity contribution in [1.29, 1.82) is 0 Å². The van der Waals surface area contributed by atoms with Crippen LogP contribution < -0.4 is 11.1 Å². The van der Waals surface area contributed by atoms with Crippen LogP contribution in [0.4, 0.5) is 0 Å². The van der Waals surface area contributed by atoms with E-state index in [4.69, 9.17) is 5.73 Å². The van der Waals surface area contributed by atoms with Crippen LogP contribution in [0.5, 0.6) is 0 Å². The molecule has 1 amide bonds. The van der Waals surface area contributed by atoms with Crippen LogP contribution in [0.3, 0.4) is 0 Å². The molecule has 2 rings (SSSR count). The van der Waals surface area contributed by atoms with E-state index in [0.29, 0.717) is 5.56 Å². The Kier molecular flexibility index (Phi) is 5.98. The van der Waals surface area contributed by atoms with Gasteiger partial charge >= 0.3 is 0 Å². The SMILES string of the molecule is Cc1ccc(C(NC(=O)C(C)CN)c2cccc(S(C)(=O)=O)c2)cc1. The van der Waals surface area contributed by atoms with E-state index in [-0.39, 0.29) is 23.3 Å². The highest BCUT2D eigenvalue weighted by Gasteiger charge is 2.21. The van der Waals surface area contributed by atoms with Crippen LogP contribution in [0.15, 0.2) is 53.4 Å². The van der Waals surface area contributed by atoms with Crippen molar-refractivity contribution in [2.75, 3.05) is 12.8 Å². The van der Waals surface area contributed by atoms with Crippen LogP contribution in [0.25, 0.3) is 0 Å². The Bertz CT molecular complexity index is 845. The number of aryl methyl sites for hydroxylation is 1. The van der Waals surface area contributed by atoms with E-state index in [2.05, 4.69) is 5.32 Å². The molecular formula is C19H24N2O3S. The normalized spacial score (nSPS) is 13.9. The van der Waals surface area contributed by atoms with Crippen LogP contribution >= 0.6 is 0 Å². The molecule has 3 N–H and O–H groups in total. The summed E-state index contributed by atoms with van der Waals surface area (Å²) in [7, 11) is -3.33. The zero-order chi connectivity index (χ0) is 18.6. The topological polar surface area (TPSA) is 89.3 Å². The minimum absolute atomic E-state index is 0.169. The van der Waals surface area contributed by atoms with Gasteiger partial charge in [0, 0.05) is 18.7 Å². The number of carbonyl (C=O) groups is 1. The van der Waals surface area contributed by atoms with Crippen molar-refractivity contribution in [2.24, 2.45) is 11.7 Å². The molecule has 25 heavy (non-hydrogen) atoms. The maximum Gasteiger partial charge on any atom is 0.224 e. The van der Waals surface area contributed by atoms with Gasteiger partial charge in [-0.15, -0.1) is 0 Å². The number of hydrogen-bond acceptors (Lipinski definition) is 4. The second kappa shape index (κ2) is 7.80. The largest absolute Gasteiger partial charge is 0.345 e. The lowest BCUT2D eigenvalue weighted by Crippen LogP contribution is -2.36. The number of sulfone groups is 1. The van der Waals surface area contributed by atoms with E-state index in [0.717, 1.165) is 11.1 Å². The van der Waals surface area contributed by atoms with Gasteiger partial charge in [0.15, 0.2) is 9.84 Å². The summed E-state index contributed by atoms with van der Waals surface area (Å²) in [6, 6.07) is 14.0. The lowest BCUT2D eigenvalue weighted by Gasteiger charge is -2.22. The standard InChI is InChI=1S/C19H24N2O3S/c1-13-7-9-15(10-8-13)18(21-19(22)14(2)12-20)16-5-4-6-17(11-16)25(3,23)24/h4-11,14,18H,12,20H2,1-3H3,(H,21,22). The van der Waals surface area contributed by atoms with Crippen LogP contribution in [0.2, 0.25) is 0 Å². The van der Waals surface area contributed by atoms with Crippen molar-refractivity contribution < 1.29 is 13.2 Å². The molecule has 2 unspecified atom stereocenters. The van der Waals surface area contributed by atoms with Gasteiger partial charge in [0.1, 0.15) is 0 Å². The average molecular weight is 360 g/mol. The van der Waals surface area contributed by atoms with E-state index < -0.39 is 15.9 Å². The molecule has 0 saturated carbocycles. The van der Waals surface area contributed by atoms with E-state index in [1.807, 2.05) is 37.3 Å². The predicted molar refractivity (Wildman–Crippen MR) is 98.9 cm³/mol. The minimum atomic E-state index is -3.33. The van der Waals surface area contributed by atoms with Crippen molar-refractivity contribution in [1.82, 2.24) is 5.32 Å². The van der Waals surface area contributed by atoms with Crippen LogP contribution in [-0.4, -0.2) is 27.1 Å². The Labute approximate surface area is 149 Å². The molecule has 0 radical (unpaired) electrons. The predicted octanol–water partition coefficient (Wildman–Crippen LogP) is 2.20. The van der Waals surface area contributed by atoms with Crippen LogP contribution in [0.1, 0.15) is 29.7 Å². The summed E-state index contributed by atoms with van der Waals surface area (Å²) in [4.78, 5) is 12.6. The molecule has 0 aromatic heterocycles. The van der Waals surface area contributed by atoms with Gasteiger partial charge < -0.3 is 11.1 Å². The van der Waals surface area contributed by atoms with Gasteiger partial charge in [0.25, 0.3) is 0 Å². The molecule has 2 aromatic rings. The molecule has 0 saturated heterocycles. The molecule has 0 aliphatic rings. The highest BCUT2D eigenvalue weighted by Crippen LogP contribution is 2.25. The van der Waals surface area contributed by atoms with Gasteiger partial charge in [-0.05, 0) is 30.2 Å². The van der Waals surface area contributed by atoms with Crippen LogP contribution in [0, 0.1) is 12.8 Å². The second-order valence-electron chi connectivity index (χ2n) is 6.33. The molecule has 0 aliphatic heterocycles. The fourth-order valence-corrected chi connectivity index (χ4v) is 3.11. The Balaban J connectivity index is 2.47. The summed E-state index contributed by atoms with van der Waals surface area (Å²) in [5.41, 5.74) is 8.29. The lowest BCUT2D eigenvalue weighted by atomic mass is 9.97. The minimum Gasteiger partial charge on any atom is -0.345 e. The number of rotatable bonds is 6. The van der Waals surface area contributed by atoms with Gasteiger partial charge in [-0.3, -0.25) is 4.79 Å². The molecule has 6 heteroatoms. The third-order valence-electron chi connectivity index (χ3n) is 4.12. The molecule has 2 atom stereocenters. The molecule has 2 aromatic carbocycles. The molecule has 0 heterocycles. The Morgan fingerprint density at radius 1 is 1.12 bits per heavy atom. The van der Waals surface area contributed by atoms with Crippen LogP contribution in [-0.2, 0) is 14.6 Å². The average Bonchev–Trinajstić information content (AvgIpc) is 2.59. The highest BCUT2D eigenvalue weighted by molar-refractivity contribution is 7.90. The molecule has 0 bridgehead atoms. The molecule has 134 valence electrons. The third kappa shape index (κ3) is 4.90. The zero-order valence-corrected chi connectivity index (χ0v) is 15.5. The quantitative estimate of drug-likeness (QED) is 0.826. The smallest absolute Gasteiger partial charge is 0.224 e. The highest BCUT2D eigenvalue weighted by atomic mass is 32.2. The number of amides is 1. The van der Waals surface area contributed by atoms with Gasteiger partial charge in [0.05, 0.1) is 10.9 Å². The van der Waals surface area contributed by atoms with Gasteiger partial charge in [0.2, 0.25) is 5.91 Å². The zero-order valence-electron chi connectivity index (χ0n) is 14.7. The number of hydrogen-bond donors (Lipinski definition) is 2. The van der Waals surface area contributed by atoms with Gasteiger partial charge in [-0.2, -0.15) is 0 Å². The van der Waals surface area contributed by atoms with Crippen molar-refractivity contribution in [3.05, 3.63) is 65.2 Å². The Hall–Kier alpha value is -2.18. The number of nitrogens with one attached hydrogen (secondary N) is 1. The Morgan fingerprint density at radius 3 is 2.32 bits per heavy atom. The van der Waals surface area contributed by atoms with Gasteiger partial charge in [-0.25, -0.2) is 8.42 Å². The van der Waals surface area contributed by atoms with E-state index in [9.17, 15) is 13.2 Å². The Morgan fingerprint density at radius 2 is 1.76 bits per heavy atom. The first kappa shape index (κ1) is 19.1. The summed E-state index contributed by atoms with van der Waals surface area (Å²) < 4.78 is 23.7. The molecule has 5 nitrogen and oxygen atoms in total. The molecule has 0 spiro atoms. The lowest BCUT2D eigenvalue weighted by molar-refractivity contribution is -0.124. The van der Waals surface area contributed by atoms with E-state index in [1.165, 1.54) is 6.26 Å². The number of nitrogens with two attached hydrogens (primary N) is 1. The molecule has 0 aliphatic carbocycles. The van der Waals surface area contributed by atoms with Crippen molar-refractivity contribution in [3.8, 4) is 0 Å². The fourth-order valence-electron chi connectivity index (χ4n) is 2.43. The van der Waals surface area contributed by atoms with Crippen molar-refractivity contribution in [3.63, 3.8) is 0 Å². The number of carbonyl (C=O) groups excluding carboxylic acids is 1. The van der Waals surface area contributed by atoms with E-state index in [1.54, 1.807) is 25.1 Å². The first-order valence-corrected chi connectivity index (χ1v) is 9.98. The third-order valence-corrected chi connectivity index (χ3v) is 5.23. The first-order valence-electron chi connectivity index (χ1n) is 8.09. The van der Waals surface area contributed by atoms with Gasteiger partial charge in [-0.1, -0.05) is 48.9 Å². The monoisotopic (exact) mass is 360 g/mol. The summed E-state index contributed by atoms with van der Waals surface area (Å²) >= 11 is 0. The summed E-state index contributed by atoms with van der Waals surface area (Å²) in [6.07, 6.45) is 1.17. The summed E-state index contributed by atoms with van der Waals surface area (Å²) in [5, 5.41) is 2.98. The van der Waals surface area contributed by atoms with E-state index >= 15 is 0 Å². The maximum absolute atomic E-state index is 12.4. The summed E-state index contributed by atoms with van der Waals surface area (Å²) in [5.74, 6) is -0.496. The summed E-state index contributed by atoms with van der Waals surface area (Å²) in [6.45, 7) is 3.99. The van der Waals surface area contributed by atoms with Crippen molar-refractivity contribution >= 4 is 15.7 Å². The maximum atomic E-state index is 12.4.